The Hall–Kier alpha value is -0.570. The van der Waals surface area contributed by atoms with E-state index in [0.717, 1.165) is 19.4 Å². The van der Waals surface area contributed by atoms with Crippen molar-refractivity contribution in [1.82, 2.24) is 5.32 Å². The lowest BCUT2D eigenvalue weighted by Crippen LogP contribution is -2.43. The second-order valence-electron chi connectivity index (χ2n) is 6.98. The molecule has 3 nitrogen and oxygen atoms in total. The van der Waals surface area contributed by atoms with Gasteiger partial charge in [0.2, 0.25) is 5.91 Å². The van der Waals surface area contributed by atoms with Gasteiger partial charge in [0.25, 0.3) is 0 Å². The van der Waals surface area contributed by atoms with Crippen LogP contribution >= 0.6 is 0 Å². The van der Waals surface area contributed by atoms with Gasteiger partial charge in [-0.3, -0.25) is 4.79 Å². The summed E-state index contributed by atoms with van der Waals surface area (Å²) in [5.74, 6) is 0.848. The number of carbonyl (C=O) groups excluding carboxylic acids is 1. The van der Waals surface area contributed by atoms with E-state index in [4.69, 9.17) is 5.73 Å². The molecule has 0 spiro atoms. The molecule has 0 aromatic carbocycles. The predicted molar refractivity (Wildman–Crippen MR) is 78.7 cm³/mol. The van der Waals surface area contributed by atoms with Crippen LogP contribution in [0, 0.1) is 17.3 Å². The Morgan fingerprint density at radius 3 is 2.53 bits per heavy atom. The minimum atomic E-state index is 0.172. The normalized spacial score (nSPS) is 30.8. The van der Waals surface area contributed by atoms with Crippen LogP contribution in [0.5, 0.6) is 0 Å². The second-order valence-corrected chi connectivity index (χ2v) is 6.98. The molecule has 2 aliphatic rings. The fourth-order valence-corrected chi connectivity index (χ4v) is 3.85. The molecule has 2 aliphatic carbocycles. The molecule has 3 heteroatoms. The van der Waals surface area contributed by atoms with E-state index in [0.29, 0.717) is 17.9 Å². The molecule has 2 atom stereocenters. The Bertz CT molecular complexity index is 297. The Morgan fingerprint density at radius 2 is 1.84 bits per heavy atom. The maximum Gasteiger partial charge on any atom is 0.223 e. The summed E-state index contributed by atoms with van der Waals surface area (Å²) in [6.45, 7) is 3.85. The third-order valence-electron chi connectivity index (χ3n) is 5.30. The number of hydrogen-bond donors (Lipinski definition) is 2. The van der Waals surface area contributed by atoms with Gasteiger partial charge in [-0.05, 0) is 43.6 Å². The number of nitrogens with two attached hydrogens (primary N) is 1. The van der Waals surface area contributed by atoms with Crippen LogP contribution in [0.1, 0.15) is 64.7 Å². The van der Waals surface area contributed by atoms with Crippen LogP contribution in [0.2, 0.25) is 0 Å². The molecule has 3 N–H and O–H groups in total. The molecule has 110 valence electrons. The van der Waals surface area contributed by atoms with E-state index in [1.165, 1.54) is 44.9 Å². The standard InChI is InChI=1S/C16H30N2O/c1-16(9-5-2-6-10-16)12-18-15(19)14-8-4-3-7-13(14)11-17/h13-14H,2-12,17H2,1H3,(H,18,19). The summed E-state index contributed by atoms with van der Waals surface area (Å²) in [7, 11) is 0. The zero-order valence-corrected chi connectivity index (χ0v) is 12.4. The molecule has 0 aliphatic heterocycles. The van der Waals surface area contributed by atoms with E-state index >= 15 is 0 Å². The molecule has 0 aromatic heterocycles. The van der Waals surface area contributed by atoms with Crippen LogP contribution in [0.25, 0.3) is 0 Å². The van der Waals surface area contributed by atoms with Crippen molar-refractivity contribution < 1.29 is 4.79 Å². The number of carbonyl (C=O) groups is 1. The highest BCUT2D eigenvalue weighted by Crippen LogP contribution is 2.35. The highest BCUT2D eigenvalue weighted by Gasteiger charge is 2.32. The largest absolute Gasteiger partial charge is 0.355 e. The van der Waals surface area contributed by atoms with Gasteiger partial charge in [-0.2, -0.15) is 0 Å². The molecular formula is C16H30N2O. The van der Waals surface area contributed by atoms with Gasteiger partial charge in [0.15, 0.2) is 0 Å². The summed E-state index contributed by atoms with van der Waals surface area (Å²) in [4.78, 5) is 12.4. The van der Waals surface area contributed by atoms with Gasteiger partial charge >= 0.3 is 0 Å². The number of amides is 1. The van der Waals surface area contributed by atoms with Crippen LogP contribution in [0.15, 0.2) is 0 Å². The molecule has 1 amide bonds. The summed E-state index contributed by atoms with van der Waals surface area (Å²) in [5, 5.41) is 3.23. The van der Waals surface area contributed by atoms with Gasteiger partial charge < -0.3 is 11.1 Å². The minimum Gasteiger partial charge on any atom is -0.355 e. The van der Waals surface area contributed by atoms with Gasteiger partial charge in [0.05, 0.1) is 0 Å². The number of hydrogen-bond acceptors (Lipinski definition) is 2. The molecule has 0 radical (unpaired) electrons. The molecule has 0 heterocycles. The van der Waals surface area contributed by atoms with E-state index < -0.39 is 0 Å². The first-order valence-electron chi connectivity index (χ1n) is 8.12. The fourth-order valence-electron chi connectivity index (χ4n) is 3.85. The van der Waals surface area contributed by atoms with Crippen molar-refractivity contribution in [2.75, 3.05) is 13.1 Å². The fraction of sp³-hybridized carbons (Fsp3) is 0.938. The van der Waals surface area contributed by atoms with Crippen LogP contribution in [0.4, 0.5) is 0 Å². The van der Waals surface area contributed by atoms with Gasteiger partial charge in [0.1, 0.15) is 0 Å². The zero-order valence-electron chi connectivity index (χ0n) is 12.4. The average molecular weight is 266 g/mol. The number of rotatable bonds is 4. The van der Waals surface area contributed by atoms with E-state index in [9.17, 15) is 4.79 Å². The molecule has 0 bridgehead atoms. The SMILES string of the molecule is CC1(CNC(=O)C2CCCCC2CN)CCCCC1. The van der Waals surface area contributed by atoms with Crippen LogP contribution in [-0.4, -0.2) is 19.0 Å². The quantitative estimate of drug-likeness (QED) is 0.822. The molecule has 2 saturated carbocycles. The first-order chi connectivity index (χ1) is 9.14. The molecule has 2 rings (SSSR count). The Kier molecular flexibility index (Phi) is 5.26. The van der Waals surface area contributed by atoms with Crippen molar-refractivity contribution >= 4 is 5.91 Å². The Balaban J connectivity index is 1.82. The average Bonchev–Trinajstić information content (AvgIpc) is 2.45. The molecular weight excluding hydrogens is 236 g/mol. The van der Waals surface area contributed by atoms with Crippen LogP contribution in [-0.2, 0) is 4.79 Å². The lowest BCUT2D eigenvalue weighted by Gasteiger charge is -2.35. The number of nitrogens with one attached hydrogen (secondary N) is 1. The van der Waals surface area contributed by atoms with Crippen molar-refractivity contribution in [2.45, 2.75) is 64.7 Å². The van der Waals surface area contributed by atoms with Crippen LogP contribution < -0.4 is 11.1 Å². The van der Waals surface area contributed by atoms with Gasteiger partial charge in [-0.25, -0.2) is 0 Å². The summed E-state index contributed by atoms with van der Waals surface area (Å²) in [6.07, 6.45) is 11.1. The van der Waals surface area contributed by atoms with E-state index in [2.05, 4.69) is 12.2 Å². The molecule has 0 saturated heterocycles. The zero-order chi connectivity index (χ0) is 13.7. The van der Waals surface area contributed by atoms with E-state index in [1.807, 2.05) is 0 Å². The summed E-state index contributed by atoms with van der Waals surface area (Å²) in [6, 6.07) is 0. The van der Waals surface area contributed by atoms with Crippen molar-refractivity contribution in [1.29, 1.82) is 0 Å². The maximum absolute atomic E-state index is 12.4. The second kappa shape index (κ2) is 6.74. The smallest absolute Gasteiger partial charge is 0.223 e. The highest BCUT2D eigenvalue weighted by atomic mass is 16.1. The lowest BCUT2D eigenvalue weighted by atomic mass is 9.75. The monoisotopic (exact) mass is 266 g/mol. The van der Waals surface area contributed by atoms with Crippen molar-refractivity contribution in [3.05, 3.63) is 0 Å². The topological polar surface area (TPSA) is 55.1 Å². The molecule has 19 heavy (non-hydrogen) atoms. The third kappa shape index (κ3) is 3.95. The Morgan fingerprint density at radius 1 is 1.16 bits per heavy atom. The minimum absolute atomic E-state index is 0.172. The first kappa shape index (κ1) is 14.8. The summed E-state index contributed by atoms with van der Waals surface area (Å²) in [5.41, 5.74) is 6.15. The van der Waals surface area contributed by atoms with Gasteiger partial charge in [0, 0.05) is 12.5 Å². The van der Waals surface area contributed by atoms with Gasteiger partial charge in [-0.1, -0.05) is 39.0 Å². The third-order valence-corrected chi connectivity index (χ3v) is 5.30. The van der Waals surface area contributed by atoms with Crippen molar-refractivity contribution in [3.63, 3.8) is 0 Å². The summed E-state index contributed by atoms with van der Waals surface area (Å²) < 4.78 is 0. The first-order valence-corrected chi connectivity index (χ1v) is 8.12. The highest BCUT2D eigenvalue weighted by molar-refractivity contribution is 5.79. The van der Waals surface area contributed by atoms with Crippen molar-refractivity contribution in [2.24, 2.45) is 23.0 Å². The molecule has 2 unspecified atom stereocenters. The lowest BCUT2D eigenvalue weighted by molar-refractivity contribution is -0.128. The Labute approximate surface area is 117 Å². The predicted octanol–water partition coefficient (Wildman–Crippen LogP) is 2.84. The van der Waals surface area contributed by atoms with Crippen LogP contribution in [0.3, 0.4) is 0 Å². The molecule has 0 aromatic rings. The van der Waals surface area contributed by atoms with Gasteiger partial charge in [-0.15, -0.1) is 0 Å². The van der Waals surface area contributed by atoms with Crippen molar-refractivity contribution in [3.8, 4) is 0 Å². The van der Waals surface area contributed by atoms with E-state index in [-0.39, 0.29) is 11.8 Å². The molecule has 2 fully saturated rings. The van der Waals surface area contributed by atoms with E-state index in [1.54, 1.807) is 0 Å². The maximum atomic E-state index is 12.4. The summed E-state index contributed by atoms with van der Waals surface area (Å²) >= 11 is 0.